The molecular weight excluding hydrogens is 268 g/mol. The fourth-order valence-corrected chi connectivity index (χ4v) is 1.44. The average molecular weight is 281 g/mol. The Bertz CT molecular complexity index is 568. The first kappa shape index (κ1) is 15.6. The summed E-state index contributed by atoms with van der Waals surface area (Å²) in [5.74, 6) is -3.66. The fourth-order valence-electron chi connectivity index (χ4n) is 1.44. The van der Waals surface area contributed by atoms with E-state index in [2.05, 4.69) is 11.9 Å². The Morgan fingerprint density at radius 2 is 2.00 bits per heavy atom. The molecule has 1 amide bonds. The number of carboxylic acid groups (broad SMARTS) is 1. The van der Waals surface area contributed by atoms with E-state index in [0.717, 1.165) is 18.2 Å². The largest absolute Gasteiger partial charge is 0.478 e. The second kappa shape index (κ2) is 7.18. The number of carbonyl (C=O) groups is 2. The van der Waals surface area contributed by atoms with Crippen molar-refractivity contribution in [2.45, 2.75) is 6.42 Å². The van der Waals surface area contributed by atoms with Gasteiger partial charge in [0.1, 0.15) is 0 Å². The van der Waals surface area contributed by atoms with E-state index in [4.69, 9.17) is 5.11 Å². The van der Waals surface area contributed by atoms with Gasteiger partial charge in [0.05, 0.1) is 0 Å². The van der Waals surface area contributed by atoms with Crippen LogP contribution in [0.1, 0.15) is 12.0 Å². The number of rotatable bonds is 6. The molecule has 1 rings (SSSR count). The van der Waals surface area contributed by atoms with Gasteiger partial charge in [-0.15, -0.1) is 0 Å². The summed E-state index contributed by atoms with van der Waals surface area (Å²) in [6.45, 7) is 3.36. The summed E-state index contributed by atoms with van der Waals surface area (Å²) in [7, 11) is 0. The molecule has 0 radical (unpaired) electrons. The minimum absolute atomic E-state index is 0.0274. The van der Waals surface area contributed by atoms with Gasteiger partial charge < -0.3 is 10.4 Å². The zero-order valence-corrected chi connectivity index (χ0v) is 10.5. The van der Waals surface area contributed by atoms with Gasteiger partial charge in [-0.1, -0.05) is 12.6 Å². The monoisotopic (exact) mass is 281 g/mol. The summed E-state index contributed by atoms with van der Waals surface area (Å²) >= 11 is 0. The first-order chi connectivity index (χ1) is 9.43. The van der Waals surface area contributed by atoms with Crippen molar-refractivity contribution in [3.8, 4) is 0 Å². The van der Waals surface area contributed by atoms with Crippen molar-refractivity contribution in [1.82, 2.24) is 5.32 Å². The van der Waals surface area contributed by atoms with Crippen molar-refractivity contribution in [2.24, 2.45) is 0 Å². The lowest BCUT2D eigenvalue weighted by molar-refractivity contribution is -0.132. The summed E-state index contributed by atoms with van der Waals surface area (Å²) in [4.78, 5) is 21.9. The normalized spacial score (nSPS) is 11.0. The summed E-state index contributed by atoms with van der Waals surface area (Å²) < 4.78 is 25.8. The Morgan fingerprint density at radius 1 is 1.30 bits per heavy atom. The SMILES string of the molecule is C=CC(=O)NCC/C(=C\c1ccc(F)c(F)c1)C(=O)O. The van der Waals surface area contributed by atoms with Crippen LogP contribution in [-0.2, 0) is 9.59 Å². The number of aliphatic carboxylic acids is 1. The lowest BCUT2D eigenvalue weighted by Crippen LogP contribution is -2.23. The van der Waals surface area contributed by atoms with Gasteiger partial charge in [0.2, 0.25) is 5.91 Å². The third kappa shape index (κ3) is 4.64. The molecule has 2 N–H and O–H groups in total. The molecule has 0 aliphatic heterocycles. The van der Waals surface area contributed by atoms with E-state index in [1.54, 1.807) is 0 Å². The number of carboxylic acids is 1. The third-order valence-electron chi connectivity index (χ3n) is 2.44. The minimum atomic E-state index is -1.19. The maximum atomic E-state index is 13.0. The van der Waals surface area contributed by atoms with Gasteiger partial charge >= 0.3 is 5.97 Å². The van der Waals surface area contributed by atoms with E-state index >= 15 is 0 Å². The molecule has 1 aromatic carbocycles. The molecule has 0 aliphatic rings. The third-order valence-corrected chi connectivity index (χ3v) is 2.44. The number of benzene rings is 1. The Kier molecular flexibility index (Phi) is 5.58. The molecule has 1 aromatic rings. The van der Waals surface area contributed by atoms with E-state index in [0.29, 0.717) is 0 Å². The Labute approximate surface area is 114 Å². The molecule has 0 unspecified atom stereocenters. The van der Waals surface area contributed by atoms with Gasteiger partial charge in [0, 0.05) is 12.1 Å². The quantitative estimate of drug-likeness (QED) is 0.785. The van der Waals surface area contributed by atoms with Gasteiger partial charge in [-0.05, 0) is 36.3 Å². The van der Waals surface area contributed by atoms with Crippen molar-refractivity contribution in [2.75, 3.05) is 6.54 Å². The van der Waals surface area contributed by atoms with Crippen LogP contribution in [0.3, 0.4) is 0 Å². The molecule has 0 aromatic heterocycles. The maximum Gasteiger partial charge on any atom is 0.331 e. The van der Waals surface area contributed by atoms with Crippen molar-refractivity contribution in [1.29, 1.82) is 0 Å². The summed E-state index contributed by atoms with van der Waals surface area (Å²) in [6.07, 6.45) is 2.35. The highest BCUT2D eigenvalue weighted by Crippen LogP contribution is 2.14. The van der Waals surface area contributed by atoms with Crippen LogP contribution in [0.2, 0.25) is 0 Å². The van der Waals surface area contributed by atoms with Crippen molar-refractivity contribution in [3.63, 3.8) is 0 Å². The number of halogens is 2. The van der Waals surface area contributed by atoms with Crippen LogP contribution in [-0.4, -0.2) is 23.5 Å². The van der Waals surface area contributed by atoms with Gasteiger partial charge in [-0.3, -0.25) is 4.79 Å². The molecule has 20 heavy (non-hydrogen) atoms. The molecule has 0 bridgehead atoms. The Hall–Kier alpha value is -2.50. The zero-order valence-electron chi connectivity index (χ0n) is 10.5. The van der Waals surface area contributed by atoms with Gasteiger partial charge in [0.25, 0.3) is 0 Å². The Morgan fingerprint density at radius 3 is 2.55 bits per heavy atom. The number of amides is 1. The summed E-state index contributed by atoms with van der Waals surface area (Å²) in [6, 6.07) is 3.09. The Balaban J connectivity index is 2.81. The molecule has 106 valence electrons. The predicted molar refractivity (Wildman–Crippen MR) is 69.8 cm³/mol. The second-order valence-electron chi connectivity index (χ2n) is 3.89. The van der Waals surface area contributed by atoms with Crippen LogP contribution in [0.15, 0.2) is 36.4 Å². The molecule has 6 heteroatoms. The lowest BCUT2D eigenvalue weighted by Gasteiger charge is -2.04. The predicted octanol–water partition coefficient (Wildman–Crippen LogP) is 2.13. The number of nitrogens with one attached hydrogen (secondary N) is 1. The van der Waals surface area contributed by atoms with E-state index in [1.807, 2.05) is 0 Å². The molecular formula is C14H13F2NO3. The van der Waals surface area contributed by atoms with Crippen molar-refractivity contribution < 1.29 is 23.5 Å². The molecule has 0 heterocycles. The van der Waals surface area contributed by atoms with Crippen LogP contribution < -0.4 is 5.32 Å². The van der Waals surface area contributed by atoms with E-state index < -0.39 is 23.5 Å². The number of hydrogen-bond acceptors (Lipinski definition) is 2. The summed E-state index contributed by atoms with van der Waals surface area (Å²) in [5.41, 5.74) is 0.205. The second-order valence-corrected chi connectivity index (χ2v) is 3.89. The van der Waals surface area contributed by atoms with E-state index in [-0.39, 0.29) is 24.1 Å². The minimum Gasteiger partial charge on any atom is -0.478 e. The maximum absolute atomic E-state index is 13.0. The molecule has 0 fully saturated rings. The topological polar surface area (TPSA) is 66.4 Å². The smallest absolute Gasteiger partial charge is 0.331 e. The average Bonchev–Trinajstić information content (AvgIpc) is 2.41. The van der Waals surface area contributed by atoms with Crippen LogP contribution in [0.5, 0.6) is 0 Å². The highest BCUT2D eigenvalue weighted by molar-refractivity contribution is 5.92. The highest BCUT2D eigenvalue weighted by atomic mass is 19.2. The molecule has 0 saturated carbocycles. The van der Waals surface area contributed by atoms with E-state index in [1.165, 1.54) is 12.1 Å². The molecule has 0 atom stereocenters. The van der Waals surface area contributed by atoms with Gasteiger partial charge in [-0.2, -0.15) is 0 Å². The van der Waals surface area contributed by atoms with Crippen molar-refractivity contribution in [3.05, 3.63) is 53.6 Å². The van der Waals surface area contributed by atoms with Crippen molar-refractivity contribution >= 4 is 18.0 Å². The van der Waals surface area contributed by atoms with Crippen LogP contribution in [0.25, 0.3) is 6.08 Å². The van der Waals surface area contributed by atoms with Gasteiger partial charge in [-0.25, -0.2) is 13.6 Å². The molecule has 0 aliphatic carbocycles. The first-order valence-electron chi connectivity index (χ1n) is 5.73. The molecule has 0 spiro atoms. The van der Waals surface area contributed by atoms with Crippen LogP contribution in [0, 0.1) is 11.6 Å². The zero-order chi connectivity index (χ0) is 15.1. The number of carbonyl (C=O) groups excluding carboxylic acids is 1. The van der Waals surface area contributed by atoms with Crippen LogP contribution >= 0.6 is 0 Å². The van der Waals surface area contributed by atoms with E-state index in [9.17, 15) is 18.4 Å². The lowest BCUT2D eigenvalue weighted by atomic mass is 10.1. The first-order valence-corrected chi connectivity index (χ1v) is 5.73. The molecule has 4 nitrogen and oxygen atoms in total. The standard InChI is InChI=1S/C14H13F2NO3/c1-2-13(18)17-6-5-10(14(19)20)7-9-3-4-11(15)12(16)8-9/h2-4,7-8H,1,5-6H2,(H,17,18)(H,19,20)/b10-7+. The highest BCUT2D eigenvalue weighted by Gasteiger charge is 2.09. The van der Waals surface area contributed by atoms with Gasteiger partial charge in [0.15, 0.2) is 11.6 Å². The molecule has 0 saturated heterocycles. The number of hydrogen-bond donors (Lipinski definition) is 2. The summed E-state index contributed by atoms with van der Waals surface area (Å²) in [5, 5.41) is 11.4. The fraction of sp³-hybridized carbons (Fsp3) is 0.143. The van der Waals surface area contributed by atoms with Crippen LogP contribution in [0.4, 0.5) is 8.78 Å².